The second-order valence-corrected chi connectivity index (χ2v) is 5.06. The van der Waals surface area contributed by atoms with Crippen molar-refractivity contribution in [3.05, 3.63) is 64.1 Å². The van der Waals surface area contributed by atoms with Crippen molar-refractivity contribution < 1.29 is 9.63 Å². The van der Waals surface area contributed by atoms with E-state index in [4.69, 9.17) is 33.9 Å². The first-order valence-corrected chi connectivity index (χ1v) is 7.07. The molecule has 0 aromatic heterocycles. The highest BCUT2D eigenvalue weighted by Crippen LogP contribution is 2.22. The van der Waals surface area contributed by atoms with Gasteiger partial charge in [0.25, 0.3) is 5.91 Å². The van der Waals surface area contributed by atoms with Crippen molar-refractivity contribution >= 4 is 41.0 Å². The standard InChI is InChI=1S/C15H13Cl2N3O2/c16-13-7-4-8-14(17)12(13)9-19-22-10-15(21)20(18)11-5-2-1-3-6-11/h1-9H,10,18H2. The SMILES string of the molecule is NN(C(=O)CON=Cc1c(Cl)cccc1Cl)c1ccccc1. The Morgan fingerprint density at radius 2 is 1.77 bits per heavy atom. The van der Waals surface area contributed by atoms with Crippen LogP contribution in [0.15, 0.2) is 53.7 Å². The number of rotatable bonds is 5. The molecule has 114 valence electrons. The Morgan fingerprint density at radius 3 is 2.41 bits per heavy atom. The number of para-hydroxylation sites is 1. The van der Waals surface area contributed by atoms with Gasteiger partial charge in [-0.25, -0.2) is 10.9 Å². The Balaban J connectivity index is 1.91. The molecule has 0 atom stereocenters. The zero-order chi connectivity index (χ0) is 15.9. The van der Waals surface area contributed by atoms with Crippen molar-refractivity contribution in [3.8, 4) is 0 Å². The quantitative estimate of drug-likeness (QED) is 0.394. The molecule has 0 saturated heterocycles. The van der Waals surface area contributed by atoms with Crippen LogP contribution in [0.5, 0.6) is 0 Å². The van der Waals surface area contributed by atoms with Crippen LogP contribution in [-0.4, -0.2) is 18.7 Å². The van der Waals surface area contributed by atoms with Gasteiger partial charge in [-0.2, -0.15) is 0 Å². The number of hydrazine groups is 1. The van der Waals surface area contributed by atoms with E-state index < -0.39 is 5.91 Å². The van der Waals surface area contributed by atoms with Crippen molar-refractivity contribution in [3.63, 3.8) is 0 Å². The number of nitrogens with zero attached hydrogens (tertiary/aromatic N) is 2. The molecule has 0 aliphatic carbocycles. The Hall–Kier alpha value is -2.08. The molecule has 0 saturated carbocycles. The average Bonchev–Trinajstić information content (AvgIpc) is 2.53. The van der Waals surface area contributed by atoms with Crippen LogP contribution in [-0.2, 0) is 9.63 Å². The number of anilines is 1. The maximum absolute atomic E-state index is 11.8. The maximum Gasteiger partial charge on any atom is 0.281 e. The topological polar surface area (TPSA) is 67.9 Å². The fraction of sp³-hybridized carbons (Fsp3) is 0.0667. The molecule has 7 heteroatoms. The number of amides is 1. The van der Waals surface area contributed by atoms with Crippen LogP contribution in [0, 0.1) is 0 Å². The van der Waals surface area contributed by atoms with Gasteiger partial charge in [0.1, 0.15) is 0 Å². The third kappa shape index (κ3) is 4.21. The van der Waals surface area contributed by atoms with Gasteiger partial charge in [-0.1, -0.05) is 52.6 Å². The summed E-state index contributed by atoms with van der Waals surface area (Å²) in [6, 6.07) is 13.9. The Bertz CT molecular complexity index is 657. The number of benzene rings is 2. The number of nitrogens with two attached hydrogens (primary N) is 1. The Labute approximate surface area is 137 Å². The summed E-state index contributed by atoms with van der Waals surface area (Å²) in [5.74, 6) is 5.25. The summed E-state index contributed by atoms with van der Waals surface area (Å²) in [7, 11) is 0. The minimum absolute atomic E-state index is 0.302. The molecule has 0 radical (unpaired) electrons. The Kier molecular flexibility index (Phi) is 5.77. The molecule has 22 heavy (non-hydrogen) atoms. The normalized spacial score (nSPS) is 10.7. The van der Waals surface area contributed by atoms with E-state index in [2.05, 4.69) is 5.16 Å². The summed E-state index contributed by atoms with van der Waals surface area (Å²) in [6.07, 6.45) is 1.35. The average molecular weight is 338 g/mol. The van der Waals surface area contributed by atoms with Crippen LogP contribution in [0.1, 0.15) is 5.56 Å². The van der Waals surface area contributed by atoms with Gasteiger partial charge in [0.2, 0.25) is 0 Å². The predicted molar refractivity (Wildman–Crippen MR) is 88.1 cm³/mol. The molecular weight excluding hydrogens is 325 g/mol. The second-order valence-electron chi connectivity index (χ2n) is 4.24. The monoisotopic (exact) mass is 337 g/mol. The lowest BCUT2D eigenvalue weighted by molar-refractivity contribution is -0.123. The van der Waals surface area contributed by atoms with E-state index in [0.29, 0.717) is 21.3 Å². The van der Waals surface area contributed by atoms with Gasteiger partial charge >= 0.3 is 0 Å². The van der Waals surface area contributed by atoms with Crippen molar-refractivity contribution in [2.75, 3.05) is 11.6 Å². The van der Waals surface area contributed by atoms with Crippen LogP contribution >= 0.6 is 23.2 Å². The summed E-state index contributed by atoms with van der Waals surface area (Å²) in [6.45, 7) is -0.302. The van der Waals surface area contributed by atoms with Gasteiger partial charge in [-0.05, 0) is 24.3 Å². The number of oxime groups is 1. The summed E-state index contributed by atoms with van der Waals surface area (Å²) in [5, 5.41) is 5.56. The summed E-state index contributed by atoms with van der Waals surface area (Å²) in [5.41, 5.74) is 1.08. The molecule has 0 unspecified atom stereocenters. The molecule has 0 fully saturated rings. The molecule has 2 rings (SSSR count). The van der Waals surface area contributed by atoms with E-state index in [1.54, 1.807) is 42.5 Å². The lowest BCUT2D eigenvalue weighted by atomic mass is 10.2. The predicted octanol–water partition coefficient (Wildman–Crippen LogP) is 3.25. The number of hydrogen-bond donors (Lipinski definition) is 1. The molecule has 0 heterocycles. The molecular formula is C15H13Cl2N3O2. The van der Waals surface area contributed by atoms with E-state index in [9.17, 15) is 4.79 Å². The highest BCUT2D eigenvalue weighted by atomic mass is 35.5. The summed E-state index contributed by atoms with van der Waals surface area (Å²) >= 11 is 12.0. The zero-order valence-corrected chi connectivity index (χ0v) is 13.0. The fourth-order valence-corrected chi connectivity index (χ4v) is 2.11. The summed E-state index contributed by atoms with van der Waals surface area (Å²) in [4.78, 5) is 16.8. The van der Waals surface area contributed by atoms with Crippen LogP contribution in [0.4, 0.5) is 5.69 Å². The number of hydrogen-bond acceptors (Lipinski definition) is 4. The number of carbonyl (C=O) groups is 1. The van der Waals surface area contributed by atoms with Crippen LogP contribution in [0.25, 0.3) is 0 Å². The fourth-order valence-electron chi connectivity index (χ4n) is 1.62. The smallest absolute Gasteiger partial charge is 0.281 e. The first kappa shape index (κ1) is 16.3. The van der Waals surface area contributed by atoms with E-state index >= 15 is 0 Å². The zero-order valence-electron chi connectivity index (χ0n) is 11.4. The molecule has 2 aromatic rings. The Morgan fingerprint density at radius 1 is 1.14 bits per heavy atom. The van der Waals surface area contributed by atoms with Gasteiger partial charge in [-0.3, -0.25) is 4.79 Å². The first-order valence-electron chi connectivity index (χ1n) is 6.31. The van der Waals surface area contributed by atoms with Gasteiger partial charge in [0.15, 0.2) is 6.61 Å². The van der Waals surface area contributed by atoms with E-state index in [-0.39, 0.29) is 6.61 Å². The van der Waals surface area contributed by atoms with E-state index in [0.717, 1.165) is 5.01 Å². The van der Waals surface area contributed by atoms with Crippen LogP contribution in [0.3, 0.4) is 0 Å². The highest BCUT2D eigenvalue weighted by molar-refractivity contribution is 6.38. The van der Waals surface area contributed by atoms with Gasteiger partial charge in [0.05, 0.1) is 21.9 Å². The van der Waals surface area contributed by atoms with Gasteiger partial charge in [-0.15, -0.1) is 0 Å². The third-order valence-electron chi connectivity index (χ3n) is 2.75. The lowest BCUT2D eigenvalue weighted by Crippen LogP contribution is -2.39. The van der Waals surface area contributed by atoms with E-state index in [1.807, 2.05) is 6.07 Å². The van der Waals surface area contributed by atoms with Gasteiger partial charge < -0.3 is 4.84 Å². The summed E-state index contributed by atoms with van der Waals surface area (Å²) < 4.78 is 0. The largest absolute Gasteiger partial charge is 0.386 e. The minimum Gasteiger partial charge on any atom is -0.386 e. The molecule has 2 N–H and O–H groups in total. The van der Waals surface area contributed by atoms with Crippen molar-refractivity contribution in [2.45, 2.75) is 0 Å². The van der Waals surface area contributed by atoms with Crippen LogP contribution < -0.4 is 10.9 Å². The highest BCUT2D eigenvalue weighted by Gasteiger charge is 2.11. The second kappa shape index (κ2) is 7.79. The van der Waals surface area contributed by atoms with Crippen molar-refractivity contribution in [2.24, 2.45) is 11.0 Å². The molecule has 1 amide bonds. The molecule has 5 nitrogen and oxygen atoms in total. The molecule has 0 aliphatic heterocycles. The van der Waals surface area contributed by atoms with Gasteiger partial charge in [0, 0.05) is 5.56 Å². The van der Waals surface area contributed by atoms with Crippen molar-refractivity contribution in [1.82, 2.24) is 0 Å². The number of carbonyl (C=O) groups excluding carboxylic acids is 1. The van der Waals surface area contributed by atoms with Crippen molar-refractivity contribution in [1.29, 1.82) is 0 Å². The minimum atomic E-state index is -0.436. The third-order valence-corrected chi connectivity index (χ3v) is 3.41. The maximum atomic E-state index is 11.8. The molecule has 0 aliphatic rings. The van der Waals surface area contributed by atoms with Crippen LogP contribution in [0.2, 0.25) is 10.0 Å². The molecule has 0 bridgehead atoms. The molecule has 2 aromatic carbocycles. The lowest BCUT2D eigenvalue weighted by Gasteiger charge is -2.15. The molecule has 0 spiro atoms. The van der Waals surface area contributed by atoms with E-state index in [1.165, 1.54) is 6.21 Å². The first-order chi connectivity index (χ1) is 10.6. The number of halogens is 2.